The van der Waals surface area contributed by atoms with Gasteiger partial charge in [0.25, 0.3) is 0 Å². The summed E-state index contributed by atoms with van der Waals surface area (Å²) in [7, 11) is 0. The first-order valence-electron chi connectivity index (χ1n) is 8.70. The summed E-state index contributed by atoms with van der Waals surface area (Å²) in [5, 5.41) is 2.70. The van der Waals surface area contributed by atoms with Crippen molar-refractivity contribution in [1.82, 2.24) is 9.88 Å². The second-order valence-electron chi connectivity index (χ2n) is 6.56. The van der Waals surface area contributed by atoms with Crippen molar-refractivity contribution in [3.05, 3.63) is 71.0 Å². The minimum Gasteiger partial charge on any atom is -0.398 e. The lowest BCUT2D eigenvalue weighted by molar-refractivity contribution is 0.244. The molecule has 0 spiro atoms. The number of rotatable bonds is 3. The monoisotopic (exact) mass is 317 g/mol. The Balaban J connectivity index is 1.69. The highest BCUT2D eigenvalue weighted by Gasteiger charge is 2.20. The van der Waals surface area contributed by atoms with Crippen LogP contribution in [0.4, 0.5) is 5.69 Å². The van der Waals surface area contributed by atoms with Crippen molar-refractivity contribution >= 4 is 16.5 Å². The molecule has 4 rings (SSSR count). The second-order valence-corrected chi connectivity index (χ2v) is 6.56. The van der Waals surface area contributed by atoms with Gasteiger partial charge in [-0.25, -0.2) is 0 Å². The number of anilines is 1. The molecule has 0 aliphatic carbocycles. The van der Waals surface area contributed by atoms with Gasteiger partial charge in [0.2, 0.25) is 0 Å². The number of nitrogen functional groups attached to an aromatic ring is 1. The number of nitrogens with two attached hydrogens (primary N) is 1. The number of aromatic nitrogens is 1. The van der Waals surface area contributed by atoms with Gasteiger partial charge in [0.1, 0.15) is 0 Å². The van der Waals surface area contributed by atoms with Crippen LogP contribution in [0.3, 0.4) is 0 Å². The van der Waals surface area contributed by atoms with Gasteiger partial charge in [0.05, 0.1) is 0 Å². The predicted molar refractivity (Wildman–Crippen MR) is 99.8 cm³/mol. The molecule has 3 heteroatoms. The van der Waals surface area contributed by atoms with Crippen LogP contribution in [0.5, 0.6) is 0 Å². The molecule has 1 aliphatic heterocycles. The molecule has 1 aromatic heterocycles. The van der Waals surface area contributed by atoms with E-state index in [4.69, 9.17) is 5.73 Å². The Bertz CT molecular complexity index is 885. The van der Waals surface area contributed by atoms with Crippen molar-refractivity contribution in [3.8, 4) is 0 Å². The molecular weight excluding hydrogens is 294 g/mol. The summed E-state index contributed by atoms with van der Waals surface area (Å²) in [5.74, 6) is 0. The Kier molecular flexibility index (Phi) is 3.95. The van der Waals surface area contributed by atoms with Crippen molar-refractivity contribution in [2.24, 2.45) is 0 Å². The summed E-state index contributed by atoms with van der Waals surface area (Å²) >= 11 is 0. The SMILES string of the molecule is CCc1ccc2ccccc2c1CN1CCc2nccc(N)c2C1. The Hall–Kier alpha value is -2.39. The van der Waals surface area contributed by atoms with Crippen molar-refractivity contribution in [2.75, 3.05) is 12.3 Å². The topological polar surface area (TPSA) is 42.2 Å². The van der Waals surface area contributed by atoms with E-state index < -0.39 is 0 Å². The quantitative estimate of drug-likeness (QED) is 0.795. The van der Waals surface area contributed by atoms with Crippen molar-refractivity contribution < 1.29 is 0 Å². The molecule has 0 radical (unpaired) electrons. The number of aryl methyl sites for hydroxylation is 1. The van der Waals surface area contributed by atoms with Crippen LogP contribution in [0.15, 0.2) is 48.7 Å². The third kappa shape index (κ3) is 2.65. The zero-order chi connectivity index (χ0) is 16.5. The van der Waals surface area contributed by atoms with Crippen LogP contribution < -0.4 is 5.73 Å². The fourth-order valence-electron chi connectivity index (χ4n) is 3.77. The first-order valence-corrected chi connectivity index (χ1v) is 8.70. The minimum absolute atomic E-state index is 0.873. The summed E-state index contributed by atoms with van der Waals surface area (Å²) in [6.45, 7) is 5.14. The van der Waals surface area contributed by atoms with Crippen LogP contribution in [0.25, 0.3) is 10.8 Å². The molecule has 0 saturated carbocycles. The van der Waals surface area contributed by atoms with Crippen LogP contribution >= 0.6 is 0 Å². The maximum Gasteiger partial charge on any atom is 0.0481 e. The lowest BCUT2D eigenvalue weighted by Crippen LogP contribution is -2.31. The molecule has 0 atom stereocenters. The zero-order valence-electron chi connectivity index (χ0n) is 14.1. The number of nitrogens with zero attached hydrogens (tertiary/aromatic N) is 2. The molecule has 0 bridgehead atoms. The Labute approximate surface area is 143 Å². The van der Waals surface area contributed by atoms with E-state index >= 15 is 0 Å². The van der Waals surface area contributed by atoms with Gasteiger partial charge < -0.3 is 5.73 Å². The highest BCUT2D eigenvalue weighted by Crippen LogP contribution is 2.28. The summed E-state index contributed by atoms with van der Waals surface area (Å²) in [4.78, 5) is 7.00. The molecule has 0 amide bonds. The fourth-order valence-corrected chi connectivity index (χ4v) is 3.77. The molecule has 122 valence electrons. The molecule has 2 heterocycles. The first-order chi connectivity index (χ1) is 11.8. The van der Waals surface area contributed by atoms with E-state index in [0.717, 1.165) is 38.2 Å². The maximum absolute atomic E-state index is 6.18. The third-order valence-electron chi connectivity index (χ3n) is 5.13. The molecule has 0 saturated heterocycles. The van der Waals surface area contributed by atoms with Crippen LogP contribution in [0.1, 0.15) is 29.3 Å². The summed E-state index contributed by atoms with van der Waals surface area (Å²) in [6.07, 6.45) is 3.87. The van der Waals surface area contributed by atoms with Gasteiger partial charge in [-0.2, -0.15) is 0 Å². The zero-order valence-corrected chi connectivity index (χ0v) is 14.1. The molecule has 24 heavy (non-hydrogen) atoms. The van der Waals surface area contributed by atoms with E-state index in [2.05, 4.69) is 53.2 Å². The second kappa shape index (κ2) is 6.25. The molecule has 2 aromatic carbocycles. The molecule has 3 aromatic rings. The average molecular weight is 317 g/mol. The van der Waals surface area contributed by atoms with E-state index in [1.165, 1.54) is 33.2 Å². The maximum atomic E-state index is 6.18. The van der Waals surface area contributed by atoms with Crippen LogP contribution in [0, 0.1) is 0 Å². The average Bonchev–Trinajstić information content (AvgIpc) is 2.63. The van der Waals surface area contributed by atoms with Crippen LogP contribution in [-0.4, -0.2) is 16.4 Å². The number of hydrogen-bond donors (Lipinski definition) is 1. The number of fused-ring (bicyclic) bond motifs is 2. The minimum atomic E-state index is 0.873. The van der Waals surface area contributed by atoms with Crippen molar-refractivity contribution in [2.45, 2.75) is 32.9 Å². The summed E-state index contributed by atoms with van der Waals surface area (Å²) in [5.41, 5.74) is 12.3. The normalized spacial score (nSPS) is 14.7. The van der Waals surface area contributed by atoms with E-state index in [1.807, 2.05) is 12.3 Å². The van der Waals surface area contributed by atoms with Gasteiger partial charge in [-0.05, 0) is 34.4 Å². The highest BCUT2D eigenvalue weighted by atomic mass is 15.1. The van der Waals surface area contributed by atoms with Gasteiger partial charge in [-0.3, -0.25) is 9.88 Å². The third-order valence-corrected chi connectivity index (χ3v) is 5.13. The van der Waals surface area contributed by atoms with Crippen molar-refractivity contribution in [1.29, 1.82) is 0 Å². The first kappa shape index (κ1) is 15.2. The lowest BCUT2D eigenvalue weighted by Gasteiger charge is -2.30. The molecular formula is C21H23N3. The smallest absolute Gasteiger partial charge is 0.0481 e. The number of pyridine rings is 1. The molecule has 2 N–H and O–H groups in total. The highest BCUT2D eigenvalue weighted by molar-refractivity contribution is 5.86. The van der Waals surface area contributed by atoms with Crippen LogP contribution in [0.2, 0.25) is 0 Å². The molecule has 0 fully saturated rings. The predicted octanol–water partition coefficient (Wildman–Crippen LogP) is 3.94. The van der Waals surface area contributed by atoms with E-state index in [9.17, 15) is 0 Å². The van der Waals surface area contributed by atoms with E-state index in [1.54, 1.807) is 0 Å². The number of benzene rings is 2. The summed E-state index contributed by atoms with van der Waals surface area (Å²) < 4.78 is 0. The van der Waals surface area contributed by atoms with E-state index in [0.29, 0.717) is 0 Å². The van der Waals surface area contributed by atoms with Gasteiger partial charge in [0, 0.05) is 49.2 Å². The fraction of sp³-hybridized carbons (Fsp3) is 0.286. The molecule has 0 unspecified atom stereocenters. The van der Waals surface area contributed by atoms with Gasteiger partial charge in [-0.15, -0.1) is 0 Å². The Morgan fingerprint density at radius 1 is 1.12 bits per heavy atom. The molecule has 3 nitrogen and oxygen atoms in total. The van der Waals surface area contributed by atoms with Crippen LogP contribution in [-0.2, 0) is 25.9 Å². The van der Waals surface area contributed by atoms with Crippen molar-refractivity contribution in [3.63, 3.8) is 0 Å². The van der Waals surface area contributed by atoms with E-state index in [-0.39, 0.29) is 0 Å². The standard InChI is InChI=1S/C21H23N3/c1-2-15-7-8-16-5-3-4-6-17(16)18(15)13-24-12-10-21-19(14-24)20(22)9-11-23-21/h3-9,11H,2,10,12-14H2,1H3,(H2,22,23). The summed E-state index contributed by atoms with van der Waals surface area (Å²) in [6, 6.07) is 15.1. The molecule has 1 aliphatic rings. The van der Waals surface area contributed by atoms with Gasteiger partial charge >= 0.3 is 0 Å². The lowest BCUT2D eigenvalue weighted by atomic mass is 9.96. The Morgan fingerprint density at radius 3 is 2.88 bits per heavy atom. The van der Waals surface area contributed by atoms with Gasteiger partial charge in [0.15, 0.2) is 0 Å². The Morgan fingerprint density at radius 2 is 2.00 bits per heavy atom. The van der Waals surface area contributed by atoms with Gasteiger partial charge in [-0.1, -0.05) is 43.3 Å². The largest absolute Gasteiger partial charge is 0.398 e. The number of hydrogen-bond acceptors (Lipinski definition) is 3.